The van der Waals surface area contributed by atoms with E-state index in [4.69, 9.17) is 5.11 Å². The lowest BCUT2D eigenvalue weighted by Gasteiger charge is -2.21. The van der Waals surface area contributed by atoms with E-state index in [1.54, 1.807) is 0 Å². The van der Waals surface area contributed by atoms with Crippen LogP contribution < -0.4 is 5.32 Å². The van der Waals surface area contributed by atoms with Gasteiger partial charge >= 0.3 is 5.97 Å². The summed E-state index contributed by atoms with van der Waals surface area (Å²) < 4.78 is 0. The molecule has 2 atom stereocenters. The van der Waals surface area contributed by atoms with E-state index in [-0.39, 0.29) is 11.9 Å². The van der Waals surface area contributed by atoms with E-state index in [0.29, 0.717) is 18.8 Å². The van der Waals surface area contributed by atoms with Crippen molar-refractivity contribution in [3.05, 3.63) is 0 Å². The summed E-state index contributed by atoms with van der Waals surface area (Å²) in [6.07, 6.45) is 1.92. The van der Waals surface area contributed by atoms with Crippen molar-refractivity contribution in [3.63, 3.8) is 0 Å². The van der Waals surface area contributed by atoms with Crippen LogP contribution in [0.25, 0.3) is 0 Å². The molecule has 0 bridgehead atoms. The molecule has 86 valence electrons. The molecular formula is C11H19NO3. The molecule has 1 amide bonds. The second kappa shape index (κ2) is 4.21. The molecule has 0 heterocycles. The highest BCUT2D eigenvalue weighted by molar-refractivity contribution is 6.04. The number of hydrogen-bond acceptors (Lipinski definition) is 2. The van der Waals surface area contributed by atoms with Crippen LogP contribution in [0.5, 0.6) is 0 Å². The van der Waals surface area contributed by atoms with Crippen LogP contribution in [0.15, 0.2) is 0 Å². The first-order valence-corrected chi connectivity index (χ1v) is 5.48. The Kier molecular flexibility index (Phi) is 3.37. The number of aliphatic carboxylic acids is 1. The summed E-state index contributed by atoms with van der Waals surface area (Å²) in [7, 11) is 0. The van der Waals surface area contributed by atoms with Gasteiger partial charge in [-0.2, -0.15) is 0 Å². The molecule has 1 aliphatic rings. The third kappa shape index (κ3) is 2.30. The standard InChI is InChI=1S/C11H19NO3/c1-4-7(2)8(3)12-9(13)11(5-6-11)10(14)15/h7-8H,4-6H2,1-3H3,(H,12,13)(H,14,15). The van der Waals surface area contributed by atoms with Crippen molar-refractivity contribution in [3.8, 4) is 0 Å². The number of carbonyl (C=O) groups excluding carboxylic acids is 1. The molecule has 2 unspecified atom stereocenters. The van der Waals surface area contributed by atoms with E-state index in [1.165, 1.54) is 0 Å². The molecule has 1 aliphatic carbocycles. The van der Waals surface area contributed by atoms with Crippen LogP contribution in [-0.2, 0) is 9.59 Å². The second-order valence-electron chi connectivity index (χ2n) is 4.53. The Morgan fingerprint density at radius 1 is 1.40 bits per heavy atom. The van der Waals surface area contributed by atoms with Gasteiger partial charge < -0.3 is 10.4 Å². The fourth-order valence-electron chi connectivity index (χ4n) is 1.50. The van der Waals surface area contributed by atoms with E-state index in [2.05, 4.69) is 12.2 Å². The number of carboxylic acid groups (broad SMARTS) is 1. The lowest BCUT2D eigenvalue weighted by molar-refractivity contribution is -0.149. The SMILES string of the molecule is CCC(C)C(C)NC(=O)C1(C(=O)O)CC1. The van der Waals surface area contributed by atoms with E-state index >= 15 is 0 Å². The minimum atomic E-state index is -1.11. The largest absolute Gasteiger partial charge is 0.480 e. The average Bonchev–Trinajstić information content (AvgIpc) is 2.96. The summed E-state index contributed by atoms with van der Waals surface area (Å²) in [5.41, 5.74) is -1.11. The van der Waals surface area contributed by atoms with Crippen LogP contribution in [0.3, 0.4) is 0 Å². The van der Waals surface area contributed by atoms with Crippen LogP contribution in [0.4, 0.5) is 0 Å². The van der Waals surface area contributed by atoms with Crippen molar-refractivity contribution >= 4 is 11.9 Å². The van der Waals surface area contributed by atoms with E-state index in [0.717, 1.165) is 6.42 Å². The van der Waals surface area contributed by atoms with Crippen LogP contribution in [0.1, 0.15) is 40.0 Å². The van der Waals surface area contributed by atoms with Crippen LogP contribution >= 0.6 is 0 Å². The van der Waals surface area contributed by atoms with Crippen LogP contribution in [0.2, 0.25) is 0 Å². The van der Waals surface area contributed by atoms with Crippen molar-refractivity contribution in [1.82, 2.24) is 5.32 Å². The zero-order chi connectivity index (χ0) is 11.6. The summed E-state index contributed by atoms with van der Waals surface area (Å²) in [5, 5.41) is 11.7. The zero-order valence-corrected chi connectivity index (χ0v) is 9.54. The van der Waals surface area contributed by atoms with Gasteiger partial charge in [0.15, 0.2) is 0 Å². The van der Waals surface area contributed by atoms with Gasteiger partial charge in [0.25, 0.3) is 0 Å². The van der Waals surface area contributed by atoms with Crippen molar-refractivity contribution in [2.24, 2.45) is 11.3 Å². The first-order chi connectivity index (χ1) is 6.94. The molecule has 15 heavy (non-hydrogen) atoms. The van der Waals surface area contributed by atoms with Crippen molar-refractivity contribution in [1.29, 1.82) is 0 Å². The first-order valence-electron chi connectivity index (χ1n) is 5.48. The molecule has 1 fully saturated rings. The molecule has 0 aromatic heterocycles. The number of carbonyl (C=O) groups is 2. The van der Waals surface area contributed by atoms with Gasteiger partial charge in [0.2, 0.25) is 5.91 Å². The quantitative estimate of drug-likeness (QED) is 0.678. The molecule has 4 nitrogen and oxygen atoms in total. The van der Waals surface area contributed by atoms with Gasteiger partial charge in [-0.15, -0.1) is 0 Å². The van der Waals surface area contributed by atoms with Crippen molar-refractivity contribution < 1.29 is 14.7 Å². The van der Waals surface area contributed by atoms with Gasteiger partial charge in [0, 0.05) is 6.04 Å². The summed E-state index contributed by atoms with van der Waals surface area (Å²) in [6, 6.07) is 0.0410. The van der Waals surface area contributed by atoms with Gasteiger partial charge in [0.1, 0.15) is 5.41 Å². The molecule has 0 radical (unpaired) electrons. The number of hydrogen-bond donors (Lipinski definition) is 2. The Labute approximate surface area is 90.0 Å². The minimum absolute atomic E-state index is 0.0410. The molecule has 4 heteroatoms. The first kappa shape index (κ1) is 12.0. The summed E-state index contributed by atoms with van der Waals surface area (Å²) >= 11 is 0. The topological polar surface area (TPSA) is 66.4 Å². The Morgan fingerprint density at radius 2 is 1.93 bits per heavy atom. The van der Waals surface area contributed by atoms with E-state index < -0.39 is 11.4 Å². The molecule has 0 saturated heterocycles. The molecule has 1 saturated carbocycles. The maximum absolute atomic E-state index is 11.7. The molecule has 0 aliphatic heterocycles. The predicted molar refractivity (Wildman–Crippen MR) is 56.4 cm³/mol. The van der Waals surface area contributed by atoms with Gasteiger partial charge in [-0.3, -0.25) is 9.59 Å². The second-order valence-corrected chi connectivity index (χ2v) is 4.53. The monoisotopic (exact) mass is 213 g/mol. The number of carboxylic acids is 1. The molecule has 0 aromatic rings. The lowest BCUT2D eigenvalue weighted by Crippen LogP contribution is -2.44. The summed E-state index contributed by atoms with van der Waals surface area (Å²) in [4.78, 5) is 22.6. The normalized spacial score (nSPS) is 21.5. The van der Waals surface area contributed by atoms with E-state index in [9.17, 15) is 9.59 Å². The molecular weight excluding hydrogens is 194 g/mol. The Morgan fingerprint density at radius 3 is 2.27 bits per heavy atom. The fraction of sp³-hybridized carbons (Fsp3) is 0.818. The molecule has 2 N–H and O–H groups in total. The van der Waals surface area contributed by atoms with E-state index in [1.807, 2.05) is 13.8 Å². The Hall–Kier alpha value is -1.06. The highest BCUT2D eigenvalue weighted by atomic mass is 16.4. The molecule has 0 spiro atoms. The van der Waals surface area contributed by atoms with Gasteiger partial charge in [-0.1, -0.05) is 20.3 Å². The van der Waals surface area contributed by atoms with Crippen LogP contribution in [0, 0.1) is 11.3 Å². The minimum Gasteiger partial charge on any atom is -0.480 e. The highest BCUT2D eigenvalue weighted by Crippen LogP contribution is 2.46. The summed E-state index contributed by atoms with van der Waals surface area (Å²) in [6.45, 7) is 6.02. The van der Waals surface area contributed by atoms with Gasteiger partial charge in [-0.05, 0) is 25.7 Å². The van der Waals surface area contributed by atoms with Crippen LogP contribution in [-0.4, -0.2) is 23.0 Å². The molecule has 0 aromatic carbocycles. The lowest BCUT2D eigenvalue weighted by atomic mass is 9.99. The molecule has 1 rings (SSSR count). The number of nitrogens with one attached hydrogen (secondary N) is 1. The van der Waals surface area contributed by atoms with Gasteiger partial charge in [0.05, 0.1) is 0 Å². The van der Waals surface area contributed by atoms with Crippen molar-refractivity contribution in [2.45, 2.75) is 46.1 Å². The summed E-state index contributed by atoms with van der Waals surface area (Å²) in [5.74, 6) is -0.933. The van der Waals surface area contributed by atoms with Gasteiger partial charge in [-0.25, -0.2) is 0 Å². The maximum atomic E-state index is 11.7. The Bertz CT molecular complexity index is 271. The average molecular weight is 213 g/mol. The maximum Gasteiger partial charge on any atom is 0.319 e. The smallest absolute Gasteiger partial charge is 0.319 e. The Balaban J connectivity index is 2.53. The third-order valence-electron chi connectivity index (χ3n) is 3.45. The number of rotatable bonds is 5. The van der Waals surface area contributed by atoms with Crippen molar-refractivity contribution in [2.75, 3.05) is 0 Å². The third-order valence-corrected chi connectivity index (χ3v) is 3.45. The highest BCUT2D eigenvalue weighted by Gasteiger charge is 2.57. The predicted octanol–water partition coefficient (Wildman–Crippen LogP) is 1.40. The number of amides is 1. The zero-order valence-electron chi connectivity index (χ0n) is 9.54. The fourth-order valence-corrected chi connectivity index (χ4v) is 1.50.